The van der Waals surface area contributed by atoms with Gasteiger partial charge in [0.25, 0.3) is 0 Å². The van der Waals surface area contributed by atoms with Crippen molar-refractivity contribution in [2.75, 3.05) is 6.61 Å². The molecule has 0 saturated carbocycles. The number of unbranched alkanes of at least 4 members (excludes halogenated alkanes) is 1. The van der Waals surface area contributed by atoms with E-state index >= 15 is 0 Å². The first kappa shape index (κ1) is 19.7. The second-order valence-electron chi connectivity index (χ2n) is 6.68. The van der Waals surface area contributed by atoms with Crippen LogP contribution in [0.15, 0.2) is 34.9 Å². The highest BCUT2D eigenvalue weighted by Gasteiger charge is 2.31. The highest BCUT2D eigenvalue weighted by molar-refractivity contribution is 5.28. The van der Waals surface area contributed by atoms with Gasteiger partial charge in [-0.3, -0.25) is 0 Å². The Hall–Kier alpha value is -1.30. The Kier molecular flexibility index (Phi) is 8.99. The SMILES string of the molecule is CC1=C(CC/C=C/CC/C(C)=C/CCC#CCO)C(C)(O)CC1. The number of aliphatic hydroxyl groups excluding tert-OH is 1. The number of hydrogen-bond donors (Lipinski definition) is 2. The largest absolute Gasteiger partial charge is 0.386 e. The number of allylic oxidation sites excluding steroid dienone is 5. The van der Waals surface area contributed by atoms with Crippen LogP contribution in [0.2, 0.25) is 0 Å². The van der Waals surface area contributed by atoms with Crippen molar-refractivity contribution < 1.29 is 10.2 Å². The van der Waals surface area contributed by atoms with E-state index in [4.69, 9.17) is 5.11 Å². The Morgan fingerprint density at radius 3 is 2.61 bits per heavy atom. The van der Waals surface area contributed by atoms with Gasteiger partial charge in [-0.2, -0.15) is 0 Å². The lowest BCUT2D eigenvalue weighted by Crippen LogP contribution is -2.22. The van der Waals surface area contributed by atoms with Gasteiger partial charge in [0.1, 0.15) is 6.61 Å². The van der Waals surface area contributed by atoms with Crippen LogP contribution in [0, 0.1) is 11.8 Å². The van der Waals surface area contributed by atoms with E-state index in [0.717, 1.165) is 51.4 Å². The molecule has 0 aromatic carbocycles. The van der Waals surface area contributed by atoms with Crippen molar-refractivity contribution >= 4 is 0 Å². The molecule has 0 amide bonds. The molecule has 2 nitrogen and oxygen atoms in total. The molecule has 1 aliphatic carbocycles. The highest BCUT2D eigenvalue weighted by atomic mass is 16.3. The lowest BCUT2D eigenvalue weighted by atomic mass is 9.93. The minimum atomic E-state index is -0.573. The van der Waals surface area contributed by atoms with Gasteiger partial charge in [-0.15, -0.1) is 5.92 Å². The van der Waals surface area contributed by atoms with E-state index in [2.05, 4.69) is 43.9 Å². The van der Waals surface area contributed by atoms with Gasteiger partial charge in [0.2, 0.25) is 0 Å². The van der Waals surface area contributed by atoms with Crippen molar-refractivity contribution in [2.24, 2.45) is 0 Å². The monoisotopic (exact) mass is 316 g/mol. The van der Waals surface area contributed by atoms with E-state index in [-0.39, 0.29) is 6.61 Å². The fourth-order valence-electron chi connectivity index (χ4n) is 3.09. The number of aliphatic hydroxyl groups is 2. The predicted octanol–water partition coefficient (Wildman–Crippen LogP) is 4.69. The van der Waals surface area contributed by atoms with Crippen molar-refractivity contribution in [3.63, 3.8) is 0 Å². The zero-order valence-electron chi connectivity index (χ0n) is 15.0. The highest BCUT2D eigenvalue weighted by Crippen LogP contribution is 2.37. The van der Waals surface area contributed by atoms with Crippen molar-refractivity contribution in [3.8, 4) is 11.8 Å². The Labute approximate surface area is 142 Å². The van der Waals surface area contributed by atoms with Crippen LogP contribution >= 0.6 is 0 Å². The zero-order valence-corrected chi connectivity index (χ0v) is 15.0. The van der Waals surface area contributed by atoms with Crippen LogP contribution in [0.4, 0.5) is 0 Å². The van der Waals surface area contributed by atoms with Crippen molar-refractivity contribution in [2.45, 2.75) is 77.7 Å². The molecular formula is C21H32O2. The molecular weight excluding hydrogens is 284 g/mol. The van der Waals surface area contributed by atoms with Crippen molar-refractivity contribution in [1.82, 2.24) is 0 Å². The van der Waals surface area contributed by atoms with E-state index in [1.807, 2.05) is 6.92 Å². The second kappa shape index (κ2) is 10.5. The summed E-state index contributed by atoms with van der Waals surface area (Å²) < 4.78 is 0. The summed E-state index contributed by atoms with van der Waals surface area (Å²) in [6.45, 7) is 6.22. The average Bonchev–Trinajstić information content (AvgIpc) is 2.76. The smallest absolute Gasteiger partial charge is 0.104 e. The number of hydrogen-bond acceptors (Lipinski definition) is 2. The van der Waals surface area contributed by atoms with E-state index in [1.165, 1.54) is 16.7 Å². The maximum atomic E-state index is 10.3. The predicted molar refractivity (Wildman–Crippen MR) is 98.0 cm³/mol. The Morgan fingerprint density at radius 1 is 1.22 bits per heavy atom. The third-order valence-corrected chi connectivity index (χ3v) is 4.55. The van der Waals surface area contributed by atoms with Crippen LogP contribution in [0.1, 0.15) is 72.1 Å². The first-order chi connectivity index (χ1) is 11.0. The van der Waals surface area contributed by atoms with Gasteiger partial charge < -0.3 is 10.2 Å². The summed E-state index contributed by atoms with van der Waals surface area (Å²) in [6, 6.07) is 0. The lowest BCUT2D eigenvalue weighted by molar-refractivity contribution is 0.0965. The quantitative estimate of drug-likeness (QED) is 0.387. The molecule has 2 N–H and O–H groups in total. The summed E-state index contributed by atoms with van der Waals surface area (Å²) in [7, 11) is 0. The van der Waals surface area contributed by atoms with E-state index in [0.29, 0.717) is 0 Å². The van der Waals surface area contributed by atoms with E-state index in [1.54, 1.807) is 0 Å². The van der Waals surface area contributed by atoms with E-state index in [9.17, 15) is 5.11 Å². The third kappa shape index (κ3) is 7.68. The van der Waals surface area contributed by atoms with Gasteiger partial charge in [-0.05, 0) is 71.3 Å². The molecule has 0 bridgehead atoms. The molecule has 0 aromatic rings. The molecule has 1 rings (SSSR count). The summed E-state index contributed by atoms with van der Waals surface area (Å²) in [5.74, 6) is 5.59. The van der Waals surface area contributed by atoms with Crippen LogP contribution in [-0.2, 0) is 0 Å². The minimum Gasteiger partial charge on any atom is -0.386 e. The summed E-state index contributed by atoms with van der Waals surface area (Å²) in [5, 5.41) is 18.9. The molecule has 23 heavy (non-hydrogen) atoms. The van der Waals surface area contributed by atoms with Gasteiger partial charge in [-0.1, -0.05) is 35.3 Å². The molecule has 1 atom stereocenters. The third-order valence-electron chi connectivity index (χ3n) is 4.55. The second-order valence-corrected chi connectivity index (χ2v) is 6.68. The average molecular weight is 316 g/mol. The van der Waals surface area contributed by atoms with Gasteiger partial charge in [0, 0.05) is 6.42 Å². The lowest BCUT2D eigenvalue weighted by Gasteiger charge is -2.21. The molecule has 128 valence electrons. The van der Waals surface area contributed by atoms with Crippen molar-refractivity contribution in [3.05, 3.63) is 34.9 Å². The Morgan fingerprint density at radius 2 is 1.96 bits per heavy atom. The Bertz CT molecular complexity index is 510. The summed E-state index contributed by atoms with van der Waals surface area (Å²) in [5.41, 5.74) is 3.46. The molecule has 0 heterocycles. The molecule has 0 saturated heterocycles. The van der Waals surface area contributed by atoms with Crippen LogP contribution < -0.4 is 0 Å². The van der Waals surface area contributed by atoms with E-state index < -0.39 is 5.60 Å². The molecule has 0 spiro atoms. The van der Waals surface area contributed by atoms with Crippen LogP contribution in [0.5, 0.6) is 0 Å². The standard InChI is InChI=1S/C21H32O2/c1-18(13-9-6-7-11-17-22)12-8-4-5-10-14-20-19(2)15-16-21(20,3)23/h4-5,13,22-23H,6,8-10,12,14-17H2,1-3H3/b5-4+,18-13+. The molecule has 1 aliphatic rings. The first-order valence-corrected chi connectivity index (χ1v) is 8.76. The molecule has 1 unspecified atom stereocenters. The summed E-state index contributed by atoms with van der Waals surface area (Å²) >= 11 is 0. The fourth-order valence-corrected chi connectivity index (χ4v) is 3.09. The van der Waals surface area contributed by atoms with Gasteiger partial charge in [0.05, 0.1) is 5.60 Å². The molecule has 2 heteroatoms. The van der Waals surface area contributed by atoms with Gasteiger partial charge in [-0.25, -0.2) is 0 Å². The minimum absolute atomic E-state index is 0.0423. The Balaban J connectivity index is 2.20. The zero-order chi connectivity index (χ0) is 17.1. The molecule has 0 aromatic heterocycles. The van der Waals surface area contributed by atoms with Gasteiger partial charge >= 0.3 is 0 Å². The van der Waals surface area contributed by atoms with Crippen LogP contribution in [0.3, 0.4) is 0 Å². The topological polar surface area (TPSA) is 40.5 Å². The number of rotatable bonds is 8. The first-order valence-electron chi connectivity index (χ1n) is 8.76. The maximum Gasteiger partial charge on any atom is 0.104 e. The van der Waals surface area contributed by atoms with Crippen LogP contribution in [-0.4, -0.2) is 22.4 Å². The van der Waals surface area contributed by atoms with Crippen LogP contribution in [0.25, 0.3) is 0 Å². The maximum absolute atomic E-state index is 10.3. The molecule has 0 aliphatic heterocycles. The normalized spacial score (nSPS) is 21.9. The molecule has 0 fully saturated rings. The van der Waals surface area contributed by atoms with Crippen molar-refractivity contribution in [1.29, 1.82) is 0 Å². The summed E-state index contributed by atoms with van der Waals surface area (Å²) in [4.78, 5) is 0. The fraction of sp³-hybridized carbons (Fsp3) is 0.619. The summed E-state index contributed by atoms with van der Waals surface area (Å²) in [6.07, 6.45) is 14.6. The molecule has 0 radical (unpaired) electrons. The van der Waals surface area contributed by atoms with Gasteiger partial charge in [0.15, 0.2) is 0 Å².